The number of aliphatic hydroxyl groups is 1. The summed E-state index contributed by atoms with van der Waals surface area (Å²) in [6.07, 6.45) is 1.50. The van der Waals surface area contributed by atoms with Gasteiger partial charge in [0.25, 0.3) is 0 Å². The average Bonchev–Trinajstić information content (AvgIpc) is 2.74. The summed E-state index contributed by atoms with van der Waals surface area (Å²) in [7, 11) is 1.56. The zero-order chi connectivity index (χ0) is 14.4. The van der Waals surface area contributed by atoms with Crippen LogP contribution in [-0.4, -0.2) is 46.8 Å². The molecule has 0 spiro atoms. The summed E-state index contributed by atoms with van der Waals surface area (Å²) in [6, 6.07) is 0.147. The van der Waals surface area contributed by atoms with Crippen LogP contribution < -0.4 is 5.32 Å². The highest BCUT2D eigenvalue weighted by Gasteiger charge is 2.21. The van der Waals surface area contributed by atoms with E-state index in [4.69, 9.17) is 14.6 Å². The van der Waals surface area contributed by atoms with Gasteiger partial charge in [-0.1, -0.05) is 0 Å². The lowest BCUT2D eigenvalue weighted by molar-refractivity contribution is -0.139. The number of furan rings is 1. The van der Waals surface area contributed by atoms with Crippen molar-refractivity contribution in [2.45, 2.75) is 25.9 Å². The van der Waals surface area contributed by atoms with Crippen molar-refractivity contribution < 1.29 is 24.2 Å². The molecule has 0 fully saturated rings. The first-order valence-corrected chi connectivity index (χ1v) is 5.84. The van der Waals surface area contributed by atoms with Gasteiger partial charge in [0, 0.05) is 25.6 Å². The van der Waals surface area contributed by atoms with E-state index in [1.165, 1.54) is 11.2 Å². The van der Waals surface area contributed by atoms with E-state index in [0.717, 1.165) is 5.56 Å². The first kappa shape index (κ1) is 15.0. The van der Waals surface area contributed by atoms with Gasteiger partial charge in [0.05, 0.1) is 12.8 Å². The third-order valence-electron chi connectivity index (χ3n) is 2.73. The van der Waals surface area contributed by atoms with Gasteiger partial charge in [-0.2, -0.15) is 0 Å². The molecule has 19 heavy (non-hydrogen) atoms. The smallest absolute Gasteiger partial charge is 0.326 e. The van der Waals surface area contributed by atoms with Crippen LogP contribution in [0.1, 0.15) is 17.7 Å². The predicted molar refractivity (Wildman–Crippen MR) is 66.6 cm³/mol. The third-order valence-corrected chi connectivity index (χ3v) is 2.73. The van der Waals surface area contributed by atoms with Crippen LogP contribution in [0.2, 0.25) is 0 Å². The lowest BCUT2D eigenvalue weighted by Gasteiger charge is -2.20. The molecule has 106 valence electrons. The molecule has 1 atom stereocenters. The molecule has 7 nitrogen and oxygen atoms in total. The fourth-order valence-electron chi connectivity index (χ4n) is 1.55. The van der Waals surface area contributed by atoms with Crippen molar-refractivity contribution in [1.82, 2.24) is 10.2 Å². The van der Waals surface area contributed by atoms with Gasteiger partial charge in [0.2, 0.25) is 0 Å². The summed E-state index contributed by atoms with van der Waals surface area (Å²) < 4.78 is 5.12. The van der Waals surface area contributed by atoms with Crippen molar-refractivity contribution in [2.24, 2.45) is 0 Å². The van der Waals surface area contributed by atoms with Crippen LogP contribution in [0, 0.1) is 6.92 Å². The second-order valence-corrected chi connectivity index (χ2v) is 4.21. The Kier molecular flexibility index (Phi) is 5.37. The summed E-state index contributed by atoms with van der Waals surface area (Å²) in [5, 5.41) is 20.0. The molecule has 0 aromatic carbocycles. The van der Waals surface area contributed by atoms with Gasteiger partial charge >= 0.3 is 12.0 Å². The SMILES string of the molecule is Cc1occc1CN(C)C(=O)N[C@@H](CCO)C(=O)O. The minimum absolute atomic E-state index is 0.0281. The quantitative estimate of drug-likeness (QED) is 0.701. The molecule has 3 N–H and O–H groups in total. The number of amides is 2. The van der Waals surface area contributed by atoms with Crippen LogP contribution in [0.4, 0.5) is 4.79 Å². The maximum absolute atomic E-state index is 11.8. The summed E-state index contributed by atoms with van der Waals surface area (Å²) in [5.74, 6) is -0.458. The number of rotatable bonds is 6. The summed E-state index contributed by atoms with van der Waals surface area (Å²) in [6.45, 7) is 1.80. The molecule has 1 heterocycles. The fraction of sp³-hybridized carbons (Fsp3) is 0.500. The number of nitrogens with one attached hydrogen (secondary N) is 1. The monoisotopic (exact) mass is 270 g/mol. The molecule has 1 aromatic rings. The number of aliphatic hydroxyl groups excluding tert-OH is 1. The number of urea groups is 1. The minimum atomic E-state index is -1.17. The van der Waals surface area contributed by atoms with Gasteiger partial charge in [-0.3, -0.25) is 0 Å². The van der Waals surface area contributed by atoms with Crippen LogP contribution in [0.15, 0.2) is 16.7 Å². The number of nitrogens with zero attached hydrogens (tertiary/aromatic N) is 1. The van der Waals surface area contributed by atoms with Gasteiger partial charge in [-0.05, 0) is 13.0 Å². The first-order valence-electron chi connectivity index (χ1n) is 5.84. The Hall–Kier alpha value is -2.02. The molecule has 0 saturated heterocycles. The molecule has 0 saturated carbocycles. The van der Waals surface area contributed by atoms with E-state index in [0.29, 0.717) is 12.3 Å². The van der Waals surface area contributed by atoms with Crippen LogP contribution in [0.3, 0.4) is 0 Å². The Morgan fingerprint density at radius 1 is 1.53 bits per heavy atom. The van der Waals surface area contributed by atoms with E-state index in [-0.39, 0.29) is 13.0 Å². The number of hydrogen-bond donors (Lipinski definition) is 3. The molecule has 0 aliphatic carbocycles. The summed E-state index contributed by atoms with van der Waals surface area (Å²) in [5.41, 5.74) is 0.853. The Morgan fingerprint density at radius 2 is 2.21 bits per heavy atom. The lowest BCUT2D eigenvalue weighted by Crippen LogP contribution is -2.46. The number of carboxylic acid groups (broad SMARTS) is 1. The zero-order valence-electron chi connectivity index (χ0n) is 10.9. The van der Waals surface area contributed by atoms with Crippen LogP contribution >= 0.6 is 0 Å². The van der Waals surface area contributed by atoms with Crippen molar-refractivity contribution in [1.29, 1.82) is 0 Å². The Bertz CT molecular complexity index is 443. The van der Waals surface area contributed by atoms with E-state index in [2.05, 4.69) is 5.32 Å². The maximum atomic E-state index is 11.8. The molecule has 1 rings (SSSR count). The molecule has 0 aliphatic rings. The Labute approximate surface area is 110 Å². The average molecular weight is 270 g/mol. The van der Waals surface area contributed by atoms with Crippen molar-refractivity contribution >= 4 is 12.0 Å². The maximum Gasteiger partial charge on any atom is 0.326 e. The van der Waals surface area contributed by atoms with Crippen LogP contribution in [0.5, 0.6) is 0 Å². The molecule has 0 bridgehead atoms. The number of hydrogen-bond acceptors (Lipinski definition) is 4. The largest absolute Gasteiger partial charge is 0.480 e. The normalized spacial score (nSPS) is 11.9. The highest BCUT2D eigenvalue weighted by Crippen LogP contribution is 2.11. The molecular weight excluding hydrogens is 252 g/mol. The number of carboxylic acids is 1. The standard InChI is InChI=1S/C12H18N2O5/c1-8-9(4-6-19-8)7-14(2)12(18)13-10(3-5-15)11(16)17/h4,6,10,15H,3,5,7H2,1-2H3,(H,13,18)(H,16,17)/t10-/m0/s1. The topological polar surface area (TPSA) is 103 Å². The third kappa shape index (κ3) is 4.29. The summed E-state index contributed by atoms with van der Waals surface area (Å²) in [4.78, 5) is 24.0. The minimum Gasteiger partial charge on any atom is -0.480 e. The highest BCUT2D eigenvalue weighted by molar-refractivity contribution is 5.82. The van der Waals surface area contributed by atoms with E-state index < -0.39 is 18.0 Å². The first-order chi connectivity index (χ1) is 8.95. The molecule has 0 unspecified atom stereocenters. The van der Waals surface area contributed by atoms with Gasteiger partial charge in [-0.25, -0.2) is 9.59 Å². The Balaban J connectivity index is 2.57. The van der Waals surface area contributed by atoms with Crippen LogP contribution in [0.25, 0.3) is 0 Å². The van der Waals surface area contributed by atoms with Gasteiger partial charge < -0.3 is 24.8 Å². The Morgan fingerprint density at radius 3 is 2.68 bits per heavy atom. The van der Waals surface area contributed by atoms with E-state index in [1.54, 1.807) is 20.0 Å². The molecule has 1 aromatic heterocycles. The van der Waals surface area contributed by atoms with Gasteiger partial charge in [0.1, 0.15) is 11.8 Å². The van der Waals surface area contributed by atoms with Gasteiger partial charge in [-0.15, -0.1) is 0 Å². The molecular formula is C12H18N2O5. The lowest BCUT2D eigenvalue weighted by atomic mass is 10.2. The highest BCUT2D eigenvalue weighted by atomic mass is 16.4. The van der Waals surface area contributed by atoms with E-state index in [9.17, 15) is 9.59 Å². The number of aryl methyl sites for hydroxylation is 1. The van der Waals surface area contributed by atoms with Crippen molar-refractivity contribution in [3.05, 3.63) is 23.7 Å². The van der Waals surface area contributed by atoms with E-state index in [1.807, 2.05) is 0 Å². The number of carbonyl (C=O) groups is 2. The second kappa shape index (κ2) is 6.79. The molecule has 0 radical (unpaired) electrons. The van der Waals surface area contributed by atoms with E-state index >= 15 is 0 Å². The van der Waals surface area contributed by atoms with Crippen molar-refractivity contribution in [3.63, 3.8) is 0 Å². The number of aliphatic carboxylic acids is 1. The number of carbonyl (C=O) groups excluding carboxylic acids is 1. The fourth-order valence-corrected chi connectivity index (χ4v) is 1.55. The molecule has 2 amide bonds. The van der Waals surface area contributed by atoms with Crippen molar-refractivity contribution in [2.75, 3.05) is 13.7 Å². The summed E-state index contributed by atoms with van der Waals surface area (Å²) >= 11 is 0. The zero-order valence-corrected chi connectivity index (χ0v) is 10.9. The second-order valence-electron chi connectivity index (χ2n) is 4.21. The molecule has 0 aliphatic heterocycles. The van der Waals surface area contributed by atoms with Crippen molar-refractivity contribution in [3.8, 4) is 0 Å². The van der Waals surface area contributed by atoms with Crippen LogP contribution in [-0.2, 0) is 11.3 Å². The van der Waals surface area contributed by atoms with Gasteiger partial charge in [0.15, 0.2) is 0 Å². The predicted octanol–water partition coefficient (Wildman–Crippen LogP) is 0.565. The molecule has 7 heteroatoms.